The summed E-state index contributed by atoms with van der Waals surface area (Å²) in [6, 6.07) is -5.86. The van der Waals surface area contributed by atoms with Crippen LogP contribution in [-0.2, 0) is 24.0 Å². The lowest BCUT2D eigenvalue weighted by atomic mass is 10.1. The van der Waals surface area contributed by atoms with E-state index in [4.69, 9.17) is 16.6 Å². The summed E-state index contributed by atoms with van der Waals surface area (Å²) in [5.74, 6) is -5.48. The third-order valence-corrected chi connectivity index (χ3v) is 3.80. The number of nitrogens with one attached hydrogen (secondary N) is 3. The van der Waals surface area contributed by atoms with Crippen LogP contribution >= 0.6 is 12.6 Å². The summed E-state index contributed by atoms with van der Waals surface area (Å²) in [5.41, 5.74) is 10.4. The second-order valence-corrected chi connectivity index (χ2v) is 6.19. The number of aliphatic hydroxyl groups is 2. The molecule has 0 aromatic heterocycles. The van der Waals surface area contributed by atoms with Gasteiger partial charge in [-0.15, -0.1) is 0 Å². The zero-order valence-electron chi connectivity index (χ0n) is 15.0. The van der Waals surface area contributed by atoms with Crippen molar-refractivity contribution in [1.82, 2.24) is 16.0 Å². The van der Waals surface area contributed by atoms with Gasteiger partial charge in [0.15, 0.2) is 0 Å². The molecular formula is C14H25N5O8S. The van der Waals surface area contributed by atoms with Gasteiger partial charge in [-0.2, -0.15) is 12.6 Å². The van der Waals surface area contributed by atoms with Gasteiger partial charge in [-0.25, -0.2) is 4.79 Å². The highest BCUT2D eigenvalue weighted by Crippen LogP contribution is 1.99. The molecule has 5 unspecified atom stereocenters. The zero-order valence-corrected chi connectivity index (χ0v) is 15.9. The number of hydrogen-bond donors (Lipinski definition) is 9. The fourth-order valence-electron chi connectivity index (χ4n) is 1.89. The lowest BCUT2D eigenvalue weighted by Gasteiger charge is -2.25. The fraction of sp³-hybridized carbons (Fsp3) is 0.643. The molecule has 14 heteroatoms. The number of thiol groups is 1. The summed E-state index contributed by atoms with van der Waals surface area (Å²) < 4.78 is 0. The first kappa shape index (κ1) is 25.6. The van der Waals surface area contributed by atoms with Crippen LogP contribution in [0.2, 0.25) is 0 Å². The van der Waals surface area contributed by atoms with E-state index in [-0.39, 0.29) is 5.75 Å². The number of carbonyl (C=O) groups is 5. The van der Waals surface area contributed by atoms with Crippen molar-refractivity contribution in [2.24, 2.45) is 11.5 Å². The summed E-state index contributed by atoms with van der Waals surface area (Å²) >= 11 is 3.77. The molecule has 0 radical (unpaired) electrons. The minimum atomic E-state index is -1.58. The predicted octanol–water partition coefficient (Wildman–Crippen LogP) is -4.97. The number of aliphatic hydroxyl groups excluding tert-OH is 2. The van der Waals surface area contributed by atoms with Crippen molar-refractivity contribution >= 4 is 42.2 Å². The van der Waals surface area contributed by atoms with E-state index in [1.54, 1.807) is 0 Å². The van der Waals surface area contributed by atoms with Crippen molar-refractivity contribution in [3.63, 3.8) is 0 Å². The molecule has 0 saturated heterocycles. The minimum absolute atomic E-state index is 0.239. The van der Waals surface area contributed by atoms with E-state index in [1.807, 2.05) is 0 Å². The van der Waals surface area contributed by atoms with E-state index in [0.717, 1.165) is 0 Å². The van der Waals surface area contributed by atoms with E-state index >= 15 is 0 Å². The van der Waals surface area contributed by atoms with Crippen LogP contribution < -0.4 is 27.4 Å². The molecule has 0 aliphatic heterocycles. The summed E-state index contributed by atoms with van der Waals surface area (Å²) in [5, 5.41) is 34.1. The Labute approximate surface area is 165 Å². The van der Waals surface area contributed by atoms with Gasteiger partial charge in [-0.05, 0) is 6.92 Å². The first-order valence-electron chi connectivity index (χ1n) is 8.02. The number of nitrogens with two attached hydrogens (primary N) is 2. The Morgan fingerprint density at radius 1 is 1.00 bits per heavy atom. The fourth-order valence-corrected chi connectivity index (χ4v) is 2.14. The molecule has 0 aromatic rings. The van der Waals surface area contributed by atoms with Gasteiger partial charge < -0.3 is 42.7 Å². The summed E-state index contributed by atoms with van der Waals surface area (Å²) in [6.07, 6.45) is -1.93. The molecule has 28 heavy (non-hydrogen) atoms. The highest BCUT2D eigenvalue weighted by molar-refractivity contribution is 7.80. The average Bonchev–Trinajstić information content (AvgIpc) is 2.59. The van der Waals surface area contributed by atoms with E-state index in [2.05, 4.69) is 28.6 Å². The van der Waals surface area contributed by atoms with Crippen LogP contribution in [0.25, 0.3) is 0 Å². The Hall–Kier alpha value is -2.42. The molecule has 10 N–H and O–H groups in total. The van der Waals surface area contributed by atoms with Gasteiger partial charge in [0.2, 0.25) is 23.6 Å². The van der Waals surface area contributed by atoms with Gasteiger partial charge in [0, 0.05) is 5.75 Å². The number of hydrogen-bond acceptors (Lipinski definition) is 9. The van der Waals surface area contributed by atoms with Gasteiger partial charge in [-0.1, -0.05) is 0 Å². The predicted molar refractivity (Wildman–Crippen MR) is 97.8 cm³/mol. The second-order valence-electron chi connectivity index (χ2n) is 5.83. The molecule has 0 aromatic carbocycles. The van der Waals surface area contributed by atoms with Gasteiger partial charge in [0.05, 0.1) is 25.2 Å². The SMILES string of the molecule is CC(O)C(NC(=O)C(N)CC(N)=O)C(=O)NC(CO)C(=O)NC(CS)C(=O)O. The quantitative estimate of drug-likeness (QED) is 0.136. The van der Waals surface area contributed by atoms with Crippen molar-refractivity contribution in [3.05, 3.63) is 0 Å². The average molecular weight is 423 g/mol. The first-order valence-corrected chi connectivity index (χ1v) is 8.65. The number of primary amides is 1. The van der Waals surface area contributed by atoms with Crippen LogP contribution in [0.15, 0.2) is 0 Å². The van der Waals surface area contributed by atoms with Crippen LogP contribution in [0.1, 0.15) is 13.3 Å². The smallest absolute Gasteiger partial charge is 0.327 e. The standard InChI is InChI=1S/C14H25N5O8S/c1-5(21)10(19-11(23)6(15)2-9(16)22)13(25)17-7(3-20)12(24)18-8(4-28)14(26)27/h5-8,10,20-21,28H,2-4,15H2,1H3,(H2,16,22)(H,17,25)(H,18,24)(H,19,23)(H,26,27). The molecular weight excluding hydrogens is 398 g/mol. The molecule has 4 amide bonds. The molecule has 0 aliphatic carbocycles. The number of carboxylic acid groups (broad SMARTS) is 1. The molecule has 160 valence electrons. The maximum atomic E-state index is 12.3. The number of aliphatic carboxylic acids is 1. The number of carboxylic acids is 1. The van der Waals surface area contributed by atoms with Gasteiger partial charge in [-0.3, -0.25) is 19.2 Å². The van der Waals surface area contributed by atoms with Gasteiger partial charge in [0.25, 0.3) is 0 Å². The molecule has 0 bridgehead atoms. The zero-order chi connectivity index (χ0) is 22.0. The number of carbonyl (C=O) groups excluding carboxylic acids is 4. The molecule has 0 aliphatic rings. The normalized spacial score (nSPS) is 16.0. The maximum Gasteiger partial charge on any atom is 0.327 e. The Bertz CT molecular complexity index is 602. The molecule has 0 heterocycles. The monoisotopic (exact) mass is 423 g/mol. The Morgan fingerprint density at radius 3 is 1.93 bits per heavy atom. The summed E-state index contributed by atoms with van der Waals surface area (Å²) in [4.78, 5) is 57.9. The van der Waals surface area contributed by atoms with Crippen LogP contribution in [-0.4, -0.2) is 87.5 Å². The number of rotatable bonds is 12. The maximum absolute atomic E-state index is 12.3. The lowest BCUT2D eigenvalue weighted by molar-refractivity contribution is -0.142. The first-order chi connectivity index (χ1) is 12.9. The third kappa shape index (κ3) is 8.51. The third-order valence-electron chi connectivity index (χ3n) is 3.43. The van der Waals surface area contributed by atoms with Crippen molar-refractivity contribution < 1.29 is 39.3 Å². The summed E-state index contributed by atoms with van der Waals surface area (Å²) in [7, 11) is 0. The largest absolute Gasteiger partial charge is 0.480 e. The van der Waals surface area contributed by atoms with E-state index < -0.39 is 72.9 Å². The minimum Gasteiger partial charge on any atom is -0.480 e. The number of amides is 4. The molecule has 0 rings (SSSR count). The van der Waals surface area contributed by atoms with Crippen LogP contribution in [0, 0.1) is 0 Å². The van der Waals surface area contributed by atoms with E-state index in [0.29, 0.717) is 0 Å². The molecule has 13 nitrogen and oxygen atoms in total. The molecule has 5 atom stereocenters. The topological polar surface area (TPSA) is 234 Å². The van der Waals surface area contributed by atoms with Crippen LogP contribution in [0.4, 0.5) is 0 Å². The second kappa shape index (κ2) is 12.1. The Balaban J connectivity index is 5.09. The van der Waals surface area contributed by atoms with Gasteiger partial charge in [0.1, 0.15) is 18.1 Å². The van der Waals surface area contributed by atoms with E-state index in [9.17, 15) is 34.2 Å². The lowest BCUT2D eigenvalue weighted by Crippen LogP contribution is -2.60. The van der Waals surface area contributed by atoms with Gasteiger partial charge >= 0.3 is 5.97 Å². The van der Waals surface area contributed by atoms with Crippen molar-refractivity contribution in [2.75, 3.05) is 12.4 Å². The van der Waals surface area contributed by atoms with Crippen LogP contribution in [0.5, 0.6) is 0 Å². The Kier molecular flexibility index (Phi) is 11.1. The molecule has 0 spiro atoms. The molecule has 0 saturated carbocycles. The molecule has 0 fully saturated rings. The summed E-state index contributed by atoms with van der Waals surface area (Å²) in [6.45, 7) is 0.275. The Morgan fingerprint density at radius 2 is 1.54 bits per heavy atom. The highest BCUT2D eigenvalue weighted by Gasteiger charge is 2.32. The highest BCUT2D eigenvalue weighted by atomic mass is 32.1. The van der Waals surface area contributed by atoms with E-state index in [1.165, 1.54) is 6.92 Å². The van der Waals surface area contributed by atoms with Crippen LogP contribution in [0.3, 0.4) is 0 Å². The van der Waals surface area contributed by atoms with Crippen molar-refractivity contribution in [1.29, 1.82) is 0 Å². The van der Waals surface area contributed by atoms with Crippen molar-refractivity contribution in [2.45, 2.75) is 43.6 Å². The van der Waals surface area contributed by atoms with Crippen molar-refractivity contribution in [3.8, 4) is 0 Å².